The lowest BCUT2D eigenvalue weighted by Crippen LogP contribution is -2.07. The van der Waals surface area contributed by atoms with Gasteiger partial charge in [-0.3, -0.25) is 9.59 Å². The molecule has 0 fully saturated rings. The zero-order valence-electron chi connectivity index (χ0n) is 8.54. The molecule has 0 unspecified atom stereocenters. The van der Waals surface area contributed by atoms with Gasteiger partial charge in [-0.25, -0.2) is 0 Å². The van der Waals surface area contributed by atoms with Crippen LogP contribution in [-0.2, 0) is 16.0 Å². The summed E-state index contributed by atoms with van der Waals surface area (Å²) in [7, 11) is 1.32. The molecule has 0 bridgehead atoms. The summed E-state index contributed by atoms with van der Waals surface area (Å²) in [6.07, 6.45) is 0.853. The van der Waals surface area contributed by atoms with E-state index >= 15 is 0 Å². The Morgan fingerprint density at radius 2 is 2.20 bits per heavy atom. The number of carbonyl (C=O) groups excluding carboxylic acids is 2. The normalized spacial score (nSPS) is 9.80. The van der Waals surface area contributed by atoms with Crippen molar-refractivity contribution in [2.75, 3.05) is 7.11 Å². The van der Waals surface area contributed by atoms with Crippen molar-refractivity contribution >= 4 is 23.9 Å². The topological polar surface area (TPSA) is 43.4 Å². The highest BCUT2D eigenvalue weighted by molar-refractivity contribution is 6.31. The summed E-state index contributed by atoms with van der Waals surface area (Å²) in [5.74, 6) is -0.350. The van der Waals surface area contributed by atoms with Gasteiger partial charge in [0.1, 0.15) is 6.29 Å². The summed E-state index contributed by atoms with van der Waals surface area (Å²) in [6.45, 7) is 1.78. The van der Waals surface area contributed by atoms with Gasteiger partial charge < -0.3 is 4.74 Å². The molecule has 4 heteroatoms. The first-order valence-corrected chi connectivity index (χ1v) is 4.77. The molecule has 15 heavy (non-hydrogen) atoms. The van der Waals surface area contributed by atoms with Crippen LogP contribution in [0.2, 0.25) is 5.02 Å². The van der Waals surface area contributed by atoms with Crippen molar-refractivity contribution in [1.29, 1.82) is 0 Å². The Morgan fingerprint density at radius 3 is 2.73 bits per heavy atom. The number of halogens is 1. The molecule has 0 atom stereocenters. The number of aldehydes is 1. The van der Waals surface area contributed by atoms with Crippen molar-refractivity contribution in [3.8, 4) is 0 Å². The number of carbonyl (C=O) groups is 2. The zero-order chi connectivity index (χ0) is 11.4. The van der Waals surface area contributed by atoms with Crippen molar-refractivity contribution in [3.05, 3.63) is 33.8 Å². The Kier molecular flexibility index (Phi) is 3.86. The first kappa shape index (κ1) is 11.7. The van der Waals surface area contributed by atoms with Gasteiger partial charge in [0.2, 0.25) is 0 Å². The molecule has 1 aromatic rings. The van der Waals surface area contributed by atoms with Crippen LogP contribution >= 0.6 is 11.6 Å². The molecule has 0 N–H and O–H groups in total. The Hall–Kier alpha value is -1.35. The fourth-order valence-electron chi connectivity index (χ4n) is 1.29. The monoisotopic (exact) mass is 226 g/mol. The van der Waals surface area contributed by atoms with E-state index in [4.69, 9.17) is 11.6 Å². The Balaban J connectivity index is 3.11. The van der Waals surface area contributed by atoms with Crippen LogP contribution in [0.3, 0.4) is 0 Å². The van der Waals surface area contributed by atoms with E-state index in [-0.39, 0.29) is 12.4 Å². The lowest BCUT2D eigenvalue weighted by molar-refractivity contribution is -0.139. The van der Waals surface area contributed by atoms with E-state index in [9.17, 15) is 9.59 Å². The van der Waals surface area contributed by atoms with Crippen LogP contribution in [0.1, 0.15) is 21.5 Å². The highest BCUT2D eigenvalue weighted by Gasteiger charge is 2.10. The van der Waals surface area contributed by atoms with E-state index < -0.39 is 0 Å². The van der Waals surface area contributed by atoms with Gasteiger partial charge in [0.05, 0.1) is 13.5 Å². The highest BCUT2D eigenvalue weighted by atomic mass is 35.5. The largest absolute Gasteiger partial charge is 0.469 e. The number of ether oxygens (including phenoxy) is 1. The van der Waals surface area contributed by atoms with E-state index in [2.05, 4.69) is 4.74 Å². The number of esters is 1. The lowest BCUT2D eigenvalue weighted by Gasteiger charge is -2.07. The van der Waals surface area contributed by atoms with Crippen molar-refractivity contribution < 1.29 is 14.3 Å². The standard InChI is InChI=1S/C11H11ClO3/c1-7-8(5-11(14)15-2)3-10(12)4-9(7)6-13/h3-4,6H,5H2,1-2H3. The third-order valence-electron chi connectivity index (χ3n) is 2.21. The minimum Gasteiger partial charge on any atom is -0.469 e. The molecule has 0 aliphatic rings. The second-order valence-corrected chi connectivity index (χ2v) is 3.59. The van der Waals surface area contributed by atoms with Gasteiger partial charge in [0.25, 0.3) is 0 Å². The van der Waals surface area contributed by atoms with Gasteiger partial charge in [-0.05, 0) is 30.2 Å². The van der Waals surface area contributed by atoms with E-state index in [0.29, 0.717) is 10.6 Å². The van der Waals surface area contributed by atoms with Gasteiger partial charge in [0.15, 0.2) is 0 Å². The van der Waals surface area contributed by atoms with Crippen molar-refractivity contribution in [3.63, 3.8) is 0 Å². The highest BCUT2D eigenvalue weighted by Crippen LogP contribution is 2.20. The quantitative estimate of drug-likeness (QED) is 0.586. The molecule has 1 aromatic carbocycles. The van der Waals surface area contributed by atoms with Crippen LogP contribution < -0.4 is 0 Å². The molecule has 0 amide bonds. The molecule has 0 heterocycles. The maximum absolute atomic E-state index is 11.1. The summed E-state index contributed by atoms with van der Waals surface area (Å²) in [5.41, 5.74) is 1.98. The molecule has 0 radical (unpaired) electrons. The molecule has 80 valence electrons. The minimum atomic E-state index is -0.350. The van der Waals surface area contributed by atoms with Gasteiger partial charge in [-0.2, -0.15) is 0 Å². The van der Waals surface area contributed by atoms with Crippen molar-refractivity contribution in [2.24, 2.45) is 0 Å². The molecule has 0 aliphatic carbocycles. The third kappa shape index (κ3) is 2.80. The van der Waals surface area contributed by atoms with E-state index in [0.717, 1.165) is 17.4 Å². The maximum Gasteiger partial charge on any atom is 0.309 e. The van der Waals surface area contributed by atoms with E-state index in [1.54, 1.807) is 19.1 Å². The zero-order valence-corrected chi connectivity index (χ0v) is 9.30. The smallest absolute Gasteiger partial charge is 0.309 e. The van der Waals surface area contributed by atoms with Crippen LogP contribution in [0.15, 0.2) is 12.1 Å². The molecule has 0 aliphatic heterocycles. The second-order valence-electron chi connectivity index (χ2n) is 3.15. The number of hydrogen-bond acceptors (Lipinski definition) is 3. The van der Waals surface area contributed by atoms with Crippen LogP contribution in [0.4, 0.5) is 0 Å². The van der Waals surface area contributed by atoms with Gasteiger partial charge in [-0.15, -0.1) is 0 Å². The Labute approximate surface area is 93.0 Å². The van der Waals surface area contributed by atoms with Crippen LogP contribution in [0.5, 0.6) is 0 Å². The molecular weight excluding hydrogens is 216 g/mol. The first-order valence-electron chi connectivity index (χ1n) is 4.39. The van der Waals surface area contributed by atoms with Crippen LogP contribution in [0, 0.1) is 6.92 Å². The molecule has 0 saturated carbocycles. The Bertz CT molecular complexity index is 399. The third-order valence-corrected chi connectivity index (χ3v) is 2.43. The van der Waals surface area contributed by atoms with Crippen molar-refractivity contribution in [2.45, 2.75) is 13.3 Å². The predicted molar refractivity (Wildman–Crippen MR) is 57.3 cm³/mol. The fourth-order valence-corrected chi connectivity index (χ4v) is 1.54. The molecule has 0 aromatic heterocycles. The summed E-state index contributed by atoms with van der Waals surface area (Å²) in [5, 5.41) is 0.446. The minimum absolute atomic E-state index is 0.129. The SMILES string of the molecule is COC(=O)Cc1cc(Cl)cc(C=O)c1C. The summed E-state index contributed by atoms with van der Waals surface area (Å²) in [4.78, 5) is 21.8. The van der Waals surface area contributed by atoms with Crippen molar-refractivity contribution in [1.82, 2.24) is 0 Å². The second kappa shape index (κ2) is 4.94. The first-order chi connectivity index (χ1) is 7.08. The van der Waals surface area contributed by atoms with E-state index in [1.165, 1.54) is 7.11 Å². The predicted octanol–water partition coefficient (Wildman–Crippen LogP) is 2.18. The van der Waals surface area contributed by atoms with E-state index in [1.807, 2.05) is 0 Å². The number of rotatable bonds is 3. The number of benzene rings is 1. The summed E-state index contributed by atoms with van der Waals surface area (Å²) in [6, 6.07) is 3.24. The average molecular weight is 227 g/mol. The van der Waals surface area contributed by atoms with Gasteiger partial charge in [-0.1, -0.05) is 11.6 Å². The summed E-state index contributed by atoms with van der Waals surface area (Å²) < 4.78 is 4.55. The molecule has 0 spiro atoms. The molecule has 0 saturated heterocycles. The molecular formula is C11H11ClO3. The number of methoxy groups -OCH3 is 1. The Morgan fingerprint density at radius 1 is 1.53 bits per heavy atom. The molecule has 3 nitrogen and oxygen atoms in total. The lowest BCUT2D eigenvalue weighted by atomic mass is 10.0. The molecule has 1 rings (SSSR count). The van der Waals surface area contributed by atoms with Gasteiger partial charge >= 0.3 is 5.97 Å². The summed E-state index contributed by atoms with van der Waals surface area (Å²) >= 11 is 5.82. The average Bonchev–Trinajstić information content (AvgIpc) is 2.22. The fraction of sp³-hybridized carbons (Fsp3) is 0.273. The number of hydrogen-bond donors (Lipinski definition) is 0. The van der Waals surface area contributed by atoms with Crippen LogP contribution in [0.25, 0.3) is 0 Å². The maximum atomic E-state index is 11.1. The van der Waals surface area contributed by atoms with Gasteiger partial charge in [0, 0.05) is 10.6 Å². The van der Waals surface area contributed by atoms with Crippen LogP contribution in [-0.4, -0.2) is 19.4 Å².